The van der Waals surface area contributed by atoms with Gasteiger partial charge in [-0.1, -0.05) is 180 Å². The van der Waals surface area contributed by atoms with Gasteiger partial charge in [0, 0.05) is 219 Å². The van der Waals surface area contributed by atoms with Crippen LogP contribution >= 0.6 is 0 Å². The molecule has 1 aliphatic carbocycles. The van der Waals surface area contributed by atoms with Gasteiger partial charge in [-0.3, -0.25) is 9.97 Å². The van der Waals surface area contributed by atoms with E-state index in [-0.39, 0.29) is 5.41 Å². The van der Waals surface area contributed by atoms with Crippen molar-refractivity contribution in [3.63, 3.8) is 0 Å². The van der Waals surface area contributed by atoms with Crippen LogP contribution in [0, 0.1) is 122 Å². The van der Waals surface area contributed by atoms with Gasteiger partial charge >= 0.3 is 0 Å². The molecule has 15 nitrogen and oxygen atoms in total. The second kappa shape index (κ2) is 44.1. The molecule has 148 heavy (non-hydrogen) atoms. The summed E-state index contributed by atoms with van der Waals surface area (Å²) in [6.45, 7) is 50.1. The Kier molecular flexibility index (Phi) is 31.0. The Morgan fingerprint density at radius 2 is 0.541 bits per heavy atom. The van der Waals surface area contributed by atoms with E-state index >= 15 is 0 Å². The van der Waals surface area contributed by atoms with Crippen molar-refractivity contribution in [3.8, 4) is 112 Å². The first-order chi connectivity index (χ1) is 70.8. The topological polar surface area (TPSA) is 148 Å². The van der Waals surface area contributed by atoms with Crippen LogP contribution in [0.4, 0.5) is 0 Å². The van der Waals surface area contributed by atoms with E-state index in [9.17, 15) is 0 Å². The number of hydrogen-bond acceptors (Lipinski definition) is 10. The van der Waals surface area contributed by atoms with Crippen LogP contribution in [0.1, 0.15) is 198 Å². The van der Waals surface area contributed by atoms with Crippen molar-refractivity contribution in [1.82, 2.24) is 49.8 Å². The van der Waals surface area contributed by atoms with Crippen molar-refractivity contribution in [2.24, 2.45) is 46.6 Å². The Morgan fingerprint density at radius 3 is 0.811 bits per heavy atom. The standard InChI is InChI=1S/C28H30N3.C28H32N3.C27H30N3.C26H28N3.C24H24N3/c1-18-13-19(2)20(3)24(14-18)27-15-25(23-11-7-8-12-26(23)31(27)4)22-16-29-28(30-17-22)21-9-5-6-10-21;1-18-12-19(2)20(3)23(13-18)26-14-24(22-10-8-9-11-25(22)31(26)7)21-16-29-27(30-17-21)15-28(4,5)6;1-17(2)11-27-28-15-21(16-29-27)24-14-26(23-13-18(3)12-19(4)20(23)5)30(6)25-10-8-7-9-22(24)25;1-16(2)26-27-14-20(15-28-26)23-13-25(22-12-17(3)11-18(4)19(22)5)29(6)24-10-8-7-9-21(23)24;1-15-10-16(2)18(4)20(11-15)24-12-21(22-14-25-17(3)13-26-22)19-8-6-7-9-23(19)27(24)5/h7-8,11-17,21H,5-6,9-10H2,1-4H3;8-14,16-17H,15H2,1-7H3;7-10,12-17H,11H2,1-6H3;7-16H,1-6H3;6-14H,1-5H3/q5*+1. The van der Waals surface area contributed by atoms with Gasteiger partial charge < -0.3 is 0 Å². The molecule has 10 aromatic carbocycles. The zero-order chi connectivity index (χ0) is 105. The number of rotatable bonds is 15. The van der Waals surface area contributed by atoms with Gasteiger partial charge in [-0.05, 0) is 251 Å². The number of hydrogen-bond donors (Lipinski definition) is 0. The fourth-order valence-electron chi connectivity index (χ4n) is 21.4. The van der Waals surface area contributed by atoms with E-state index in [2.05, 4.69) is 453 Å². The van der Waals surface area contributed by atoms with Crippen molar-refractivity contribution in [3.05, 3.63) is 387 Å². The predicted molar refractivity (Wildman–Crippen MR) is 611 cm³/mol. The number of para-hydroxylation sites is 5. The molecular formula is C133H144N15+5. The number of fused-ring (bicyclic) bond motifs is 5. The number of benzene rings is 10. The van der Waals surface area contributed by atoms with Crippen molar-refractivity contribution in [1.29, 1.82) is 0 Å². The van der Waals surface area contributed by atoms with Crippen molar-refractivity contribution < 1.29 is 22.8 Å². The Labute approximate surface area is 876 Å². The molecule has 0 spiro atoms. The van der Waals surface area contributed by atoms with E-state index in [0.717, 1.165) is 75.3 Å². The monoisotopic (exact) mass is 1950 g/mol. The van der Waals surface area contributed by atoms with E-state index in [0.29, 0.717) is 17.8 Å². The molecule has 0 amide bonds. The zero-order valence-corrected chi connectivity index (χ0v) is 92.2. The third-order valence-electron chi connectivity index (χ3n) is 30.0. The summed E-state index contributed by atoms with van der Waals surface area (Å²) >= 11 is 0. The molecule has 10 aromatic heterocycles. The first-order valence-corrected chi connectivity index (χ1v) is 52.4. The summed E-state index contributed by atoms with van der Waals surface area (Å²) in [5.41, 5.74) is 50.1. The van der Waals surface area contributed by atoms with E-state index in [1.165, 1.54) is 242 Å². The number of pyridine rings is 5. The summed E-state index contributed by atoms with van der Waals surface area (Å²) < 4.78 is 11.5. The summed E-state index contributed by atoms with van der Waals surface area (Å²) in [6.07, 6.45) is 26.4. The van der Waals surface area contributed by atoms with E-state index in [4.69, 9.17) is 19.9 Å². The largest absolute Gasteiger partial charge is 0.258 e. The highest BCUT2D eigenvalue weighted by molar-refractivity contribution is 5.99. The smallest absolute Gasteiger partial charge is 0.213 e. The van der Waals surface area contributed by atoms with Crippen LogP contribution in [0.3, 0.4) is 0 Å². The summed E-state index contributed by atoms with van der Waals surface area (Å²) in [6, 6.07) is 77.0. The van der Waals surface area contributed by atoms with Gasteiger partial charge in [0.25, 0.3) is 0 Å². The molecule has 1 aliphatic rings. The maximum absolute atomic E-state index is 4.80. The average molecular weight is 1950 g/mol. The molecule has 15 heteroatoms. The second-order valence-corrected chi connectivity index (χ2v) is 43.3. The molecule has 21 rings (SSSR count). The van der Waals surface area contributed by atoms with Crippen LogP contribution in [-0.2, 0) is 48.1 Å². The molecule has 20 aromatic rings. The third kappa shape index (κ3) is 22.3. The number of nitrogens with zero attached hydrogens (tertiary/aromatic N) is 15. The first kappa shape index (κ1) is 104. The van der Waals surface area contributed by atoms with Gasteiger partial charge in [-0.2, -0.15) is 22.8 Å². The molecule has 746 valence electrons. The van der Waals surface area contributed by atoms with Gasteiger partial charge in [0.1, 0.15) is 58.5 Å². The minimum atomic E-state index is 0.169. The third-order valence-corrected chi connectivity index (χ3v) is 30.0. The summed E-state index contributed by atoms with van der Waals surface area (Å²) in [4.78, 5) is 46.6. The molecule has 1 fully saturated rings. The normalized spacial score (nSPS) is 12.1. The predicted octanol–water partition coefficient (Wildman–Crippen LogP) is 29.4. The highest BCUT2D eigenvalue weighted by atomic mass is 15.0. The van der Waals surface area contributed by atoms with Crippen LogP contribution in [0.25, 0.3) is 167 Å². The molecule has 0 atom stereocenters. The number of aryl methyl sites for hydroxylation is 16. The van der Waals surface area contributed by atoms with Crippen molar-refractivity contribution >= 4 is 54.5 Å². The minimum absolute atomic E-state index is 0.169. The molecule has 0 aliphatic heterocycles. The first-order valence-electron chi connectivity index (χ1n) is 52.4. The fourth-order valence-corrected chi connectivity index (χ4v) is 21.4. The van der Waals surface area contributed by atoms with E-state index in [1.807, 2.05) is 68.9 Å². The summed E-state index contributed by atoms with van der Waals surface area (Å²) in [5, 5.41) is 6.05. The van der Waals surface area contributed by atoms with Crippen LogP contribution in [0.15, 0.2) is 274 Å². The quantitative estimate of drug-likeness (QED) is 0.0908. The van der Waals surface area contributed by atoms with E-state index < -0.39 is 0 Å². The van der Waals surface area contributed by atoms with Crippen LogP contribution < -0.4 is 22.8 Å². The maximum Gasteiger partial charge on any atom is 0.213 e. The lowest BCUT2D eigenvalue weighted by atomic mass is 9.92. The van der Waals surface area contributed by atoms with Crippen molar-refractivity contribution in [2.75, 3.05) is 0 Å². The SMILES string of the molecule is Cc1cc(C)c(C)c(-c2cc(-c3cnc(C(C)C)nc3)c3ccccc3[n+]2C)c1.Cc1cc(C)c(C)c(-c2cc(-c3cnc(C)cn3)c3ccccc3[n+]2C)c1.Cc1cc(C)c(C)c(-c2cc(-c3cnc(C4CCCC4)nc3)c3ccccc3[n+]2C)c1.Cc1cc(C)c(C)c(-c2cc(-c3cnc(CC(C)(C)C)nc3)c3ccccc3[n+]2C)c1.Cc1cc(C)c(C)c(-c2cc(-c3cnc(CC(C)C)nc3)c3ccccc3[n+]2C)c1. The molecule has 10 heterocycles. The molecule has 0 bridgehead atoms. The van der Waals surface area contributed by atoms with Crippen LogP contribution in [-0.4, -0.2) is 49.8 Å². The number of aromatic nitrogens is 15. The maximum atomic E-state index is 4.80. The molecular weight excluding hydrogens is 1810 g/mol. The Balaban J connectivity index is 0.000000126. The van der Waals surface area contributed by atoms with Gasteiger partial charge in [-0.25, -0.2) is 39.9 Å². The van der Waals surface area contributed by atoms with E-state index in [1.54, 1.807) is 0 Å². The Hall–Kier alpha value is -15.4. The lowest BCUT2D eigenvalue weighted by molar-refractivity contribution is -0.633. The van der Waals surface area contributed by atoms with Crippen LogP contribution in [0.5, 0.6) is 0 Å². The lowest BCUT2D eigenvalue weighted by Gasteiger charge is -2.17. The molecule has 1 saturated carbocycles. The average Bonchev–Trinajstić information content (AvgIpc) is 0.788. The van der Waals surface area contributed by atoms with Gasteiger partial charge in [0.15, 0.2) is 0 Å². The highest BCUT2D eigenvalue weighted by Gasteiger charge is 2.31. The molecule has 0 saturated heterocycles. The van der Waals surface area contributed by atoms with Gasteiger partial charge in [0.2, 0.25) is 56.1 Å². The molecule has 0 radical (unpaired) electrons. The second-order valence-electron chi connectivity index (χ2n) is 43.3. The highest BCUT2D eigenvalue weighted by Crippen LogP contribution is 2.42. The summed E-state index contributed by atoms with van der Waals surface area (Å²) in [5.74, 6) is 5.10. The lowest BCUT2D eigenvalue weighted by Crippen LogP contribution is -2.32. The molecule has 0 unspecified atom stereocenters. The van der Waals surface area contributed by atoms with Gasteiger partial charge in [-0.15, -0.1) is 0 Å². The van der Waals surface area contributed by atoms with Gasteiger partial charge in [0.05, 0.1) is 44.5 Å². The Bertz CT molecular complexity index is 8400. The van der Waals surface area contributed by atoms with Crippen molar-refractivity contribution in [2.45, 2.75) is 210 Å². The van der Waals surface area contributed by atoms with Crippen LogP contribution in [0.2, 0.25) is 0 Å². The molecule has 0 N–H and O–H groups in total. The minimum Gasteiger partial charge on any atom is -0.258 e. The summed E-state index contributed by atoms with van der Waals surface area (Å²) in [7, 11) is 10.8. The zero-order valence-electron chi connectivity index (χ0n) is 92.2. The fraction of sp³-hybridized carbons (Fsp3) is 0.286. The Morgan fingerprint density at radius 1 is 0.277 bits per heavy atom.